The first-order valence-electron chi connectivity index (χ1n) is 8.60. The van der Waals surface area contributed by atoms with E-state index in [1.807, 2.05) is 30.3 Å². The Kier molecular flexibility index (Phi) is 5.05. The highest BCUT2D eigenvalue weighted by molar-refractivity contribution is 9.10. The second-order valence-corrected chi connectivity index (χ2v) is 10.0. The van der Waals surface area contributed by atoms with Crippen molar-refractivity contribution >= 4 is 49.2 Å². The first-order chi connectivity index (χ1) is 12.9. The van der Waals surface area contributed by atoms with Crippen LogP contribution in [0.15, 0.2) is 51.3 Å². The summed E-state index contributed by atoms with van der Waals surface area (Å²) in [5.74, 6) is 0.688. The molecule has 4 nitrogen and oxygen atoms in total. The van der Waals surface area contributed by atoms with Crippen LogP contribution in [-0.2, 0) is 17.8 Å². The topological polar surface area (TPSA) is 44.1 Å². The number of thiophene rings is 1. The van der Waals surface area contributed by atoms with Gasteiger partial charge >= 0.3 is 0 Å². The van der Waals surface area contributed by atoms with Gasteiger partial charge in [0.15, 0.2) is 5.16 Å². The molecule has 4 rings (SSSR count). The molecule has 0 saturated heterocycles. The second-order valence-electron chi connectivity index (χ2n) is 7.02. The number of rotatable bonds is 4. The van der Waals surface area contributed by atoms with Crippen LogP contribution in [-0.4, -0.2) is 20.9 Å². The number of halogens is 1. The lowest BCUT2D eigenvalue weighted by Gasteiger charge is -2.29. The van der Waals surface area contributed by atoms with Crippen molar-refractivity contribution < 1.29 is 4.74 Å². The number of hydrogen-bond acceptors (Lipinski definition) is 5. The van der Waals surface area contributed by atoms with E-state index in [4.69, 9.17) is 9.72 Å². The van der Waals surface area contributed by atoms with Crippen molar-refractivity contribution in [1.29, 1.82) is 0 Å². The second kappa shape index (κ2) is 7.20. The lowest BCUT2D eigenvalue weighted by Crippen LogP contribution is -2.32. The van der Waals surface area contributed by atoms with Crippen LogP contribution in [0.1, 0.15) is 24.3 Å². The van der Waals surface area contributed by atoms with Gasteiger partial charge in [-0.05, 0) is 37.6 Å². The zero-order chi connectivity index (χ0) is 19.2. The predicted molar refractivity (Wildman–Crippen MR) is 116 cm³/mol. The zero-order valence-corrected chi connectivity index (χ0v) is 18.3. The number of ether oxygens (including phenoxy) is 1. The normalized spacial score (nSPS) is 15.7. The number of nitrogens with zero attached hydrogens (tertiary/aromatic N) is 2. The summed E-state index contributed by atoms with van der Waals surface area (Å²) in [6, 6.07) is 7.75. The monoisotopic (exact) mass is 462 g/mol. The summed E-state index contributed by atoms with van der Waals surface area (Å²) in [4.78, 5) is 20.4. The Labute approximate surface area is 174 Å². The fourth-order valence-electron chi connectivity index (χ4n) is 3.25. The minimum atomic E-state index is -0.274. The number of thioether (sulfide) groups is 1. The van der Waals surface area contributed by atoms with Crippen LogP contribution in [0.3, 0.4) is 0 Å². The number of hydrogen-bond donors (Lipinski definition) is 0. The molecule has 0 fully saturated rings. The summed E-state index contributed by atoms with van der Waals surface area (Å²) in [6.45, 7) is 8.45. The van der Waals surface area contributed by atoms with Crippen molar-refractivity contribution in [2.75, 3.05) is 5.75 Å². The van der Waals surface area contributed by atoms with Gasteiger partial charge in [-0.25, -0.2) is 4.98 Å². The molecule has 0 aliphatic carbocycles. The van der Waals surface area contributed by atoms with Gasteiger partial charge in [-0.3, -0.25) is 9.36 Å². The van der Waals surface area contributed by atoms with E-state index in [1.165, 1.54) is 11.8 Å². The van der Waals surface area contributed by atoms with Crippen molar-refractivity contribution in [1.82, 2.24) is 9.55 Å². The molecular formula is C20H19BrN2O2S2. The predicted octanol–water partition coefficient (Wildman–Crippen LogP) is 5.34. The Bertz CT molecular complexity index is 1100. The van der Waals surface area contributed by atoms with Crippen LogP contribution in [0.4, 0.5) is 0 Å². The first kappa shape index (κ1) is 18.9. The van der Waals surface area contributed by atoms with Gasteiger partial charge in [0, 0.05) is 21.5 Å². The smallest absolute Gasteiger partial charge is 0.267 e. The molecule has 140 valence electrons. The van der Waals surface area contributed by atoms with Gasteiger partial charge in [0.25, 0.3) is 5.56 Å². The van der Waals surface area contributed by atoms with Gasteiger partial charge in [-0.1, -0.05) is 39.8 Å². The van der Waals surface area contributed by atoms with E-state index >= 15 is 0 Å². The molecule has 27 heavy (non-hydrogen) atoms. The summed E-state index contributed by atoms with van der Waals surface area (Å²) in [6.07, 6.45) is 2.54. The standard InChI is InChI=1S/C20H19BrN2O2S2/c1-4-8-26-19-22-17-16(14-10-20(2,3)25-11-15(14)27-17)18(24)23(19)13-7-5-6-12(21)9-13/h4-7,9H,1,8,10-11H2,2-3H3. The van der Waals surface area contributed by atoms with Crippen molar-refractivity contribution in [3.8, 4) is 5.69 Å². The SMILES string of the molecule is C=CCSc1nc2sc3c(c2c(=O)n1-c1cccc(Br)c1)CC(C)(C)OC3. The van der Waals surface area contributed by atoms with E-state index < -0.39 is 0 Å². The first-order valence-corrected chi connectivity index (χ1v) is 11.2. The van der Waals surface area contributed by atoms with Gasteiger partial charge in [0.1, 0.15) is 4.83 Å². The summed E-state index contributed by atoms with van der Waals surface area (Å²) in [5.41, 5.74) is 1.61. The Morgan fingerprint density at radius 1 is 1.48 bits per heavy atom. The minimum Gasteiger partial charge on any atom is -0.370 e. The highest BCUT2D eigenvalue weighted by Crippen LogP contribution is 2.38. The third kappa shape index (κ3) is 3.53. The third-order valence-corrected chi connectivity index (χ3v) is 7.00. The average molecular weight is 463 g/mol. The lowest BCUT2D eigenvalue weighted by atomic mass is 9.94. The van der Waals surface area contributed by atoms with Gasteiger partial charge in [0.2, 0.25) is 0 Å². The summed E-state index contributed by atoms with van der Waals surface area (Å²) in [7, 11) is 0. The maximum Gasteiger partial charge on any atom is 0.267 e. The number of aromatic nitrogens is 2. The fourth-order valence-corrected chi connectivity index (χ4v) is 5.53. The molecule has 0 amide bonds. The Morgan fingerprint density at radius 3 is 3.04 bits per heavy atom. The minimum absolute atomic E-state index is 0.0140. The molecule has 0 N–H and O–H groups in total. The Hall–Kier alpha value is -1.41. The Balaban J connectivity index is 2.01. The van der Waals surface area contributed by atoms with Crippen LogP contribution < -0.4 is 5.56 Å². The quantitative estimate of drug-likeness (QED) is 0.298. The number of fused-ring (bicyclic) bond motifs is 3. The van der Waals surface area contributed by atoms with Crippen molar-refractivity contribution in [3.63, 3.8) is 0 Å². The van der Waals surface area contributed by atoms with Crippen molar-refractivity contribution in [2.45, 2.75) is 37.6 Å². The molecule has 7 heteroatoms. The third-order valence-electron chi connectivity index (χ3n) is 4.47. The van der Waals surface area contributed by atoms with Crippen LogP contribution in [0.5, 0.6) is 0 Å². The van der Waals surface area contributed by atoms with E-state index in [-0.39, 0.29) is 11.2 Å². The van der Waals surface area contributed by atoms with E-state index in [1.54, 1.807) is 15.9 Å². The van der Waals surface area contributed by atoms with Gasteiger partial charge < -0.3 is 4.74 Å². The molecule has 0 atom stereocenters. The molecule has 3 aromatic rings. The summed E-state index contributed by atoms with van der Waals surface area (Å²) in [5, 5.41) is 1.42. The van der Waals surface area contributed by atoms with E-state index in [0.717, 1.165) is 37.2 Å². The molecule has 0 spiro atoms. The zero-order valence-electron chi connectivity index (χ0n) is 15.1. The molecule has 2 aromatic heterocycles. The molecule has 0 radical (unpaired) electrons. The van der Waals surface area contributed by atoms with Crippen LogP contribution in [0.25, 0.3) is 15.9 Å². The van der Waals surface area contributed by atoms with Crippen LogP contribution >= 0.6 is 39.0 Å². The van der Waals surface area contributed by atoms with Crippen molar-refractivity contribution in [3.05, 3.63) is 62.2 Å². The molecule has 1 aliphatic heterocycles. The molecular weight excluding hydrogens is 444 g/mol. The highest BCUT2D eigenvalue weighted by atomic mass is 79.9. The molecule has 1 aliphatic rings. The molecule has 1 aromatic carbocycles. The summed E-state index contributed by atoms with van der Waals surface area (Å²) < 4.78 is 8.58. The highest BCUT2D eigenvalue weighted by Gasteiger charge is 2.31. The number of benzene rings is 1. The largest absolute Gasteiger partial charge is 0.370 e. The van der Waals surface area contributed by atoms with E-state index in [9.17, 15) is 4.79 Å². The fraction of sp³-hybridized carbons (Fsp3) is 0.300. The van der Waals surface area contributed by atoms with Gasteiger partial charge in [-0.15, -0.1) is 17.9 Å². The van der Waals surface area contributed by atoms with Crippen molar-refractivity contribution in [2.24, 2.45) is 0 Å². The molecule has 0 unspecified atom stereocenters. The molecule has 3 heterocycles. The van der Waals surface area contributed by atoms with Gasteiger partial charge in [0.05, 0.1) is 23.3 Å². The molecule has 0 bridgehead atoms. The average Bonchev–Trinajstić information content (AvgIpc) is 2.96. The maximum absolute atomic E-state index is 13.6. The van der Waals surface area contributed by atoms with Gasteiger partial charge in [-0.2, -0.15) is 0 Å². The van der Waals surface area contributed by atoms with Crippen LogP contribution in [0, 0.1) is 0 Å². The lowest BCUT2D eigenvalue weighted by molar-refractivity contribution is -0.0379. The van der Waals surface area contributed by atoms with E-state index in [2.05, 4.69) is 36.4 Å². The van der Waals surface area contributed by atoms with Crippen LogP contribution in [0.2, 0.25) is 0 Å². The molecule has 0 saturated carbocycles. The Morgan fingerprint density at radius 2 is 2.30 bits per heavy atom. The maximum atomic E-state index is 13.6. The summed E-state index contributed by atoms with van der Waals surface area (Å²) >= 11 is 6.59. The van der Waals surface area contributed by atoms with E-state index in [0.29, 0.717) is 17.5 Å².